The van der Waals surface area contributed by atoms with Gasteiger partial charge in [-0.05, 0) is 60.4 Å². The molecule has 158 valence electrons. The van der Waals surface area contributed by atoms with Gasteiger partial charge in [0.2, 0.25) is 0 Å². The van der Waals surface area contributed by atoms with Crippen molar-refractivity contribution in [3.8, 4) is 17.2 Å². The van der Waals surface area contributed by atoms with Crippen LogP contribution in [0.5, 0.6) is 0 Å². The van der Waals surface area contributed by atoms with Crippen molar-refractivity contribution in [1.82, 2.24) is 4.98 Å². The molecule has 4 nitrogen and oxygen atoms in total. The summed E-state index contributed by atoms with van der Waals surface area (Å²) < 4.78 is 13.5. The van der Waals surface area contributed by atoms with E-state index in [4.69, 9.17) is 11.6 Å². The molecule has 1 aliphatic rings. The number of rotatable bonds is 6. The van der Waals surface area contributed by atoms with Gasteiger partial charge in [0.15, 0.2) is 0 Å². The van der Waals surface area contributed by atoms with Gasteiger partial charge in [-0.1, -0.05) is 43.0 Å². The van der Waals surface area contributed by atoms with Crippen molar-refractivity contribution in [3.63, 3.8) is 0 Å². The minimum atomic E-state index is -0.271. The predicted molar refractivity (Wildman–Crippen MR) is 124 cm³/mol. The largest absolute Gasteiger partial charge is 0.381 e. The number of nitrogens with zero attached hydrogens (tertiary/aromatic N) is 2. The maximum absolute atomic E-state index is 13.5. The van der Waals surface area contributed by atoms with Gasteiger partial charge in [0.25, 0.3) is 0 Å². The molecular weight excluding hydrogens is 411 g/mol. The number of anilines is 2. The molecule has 2 aromatic carbocycles. The number of pyridine rings is 1. The second-order valence-electron chi connectivity index (χ2n) is 7.92. The third-order valence-corrected chi connectivity index (χ3v) is 5.87. The molecule has 2 N–H and O–H groups in total. The van der Waals surface area contributed by atoms with Crippen molar-refractivity contribution in [2.45, 2.75) is 44.7 Å². The normalized spacial score (nSPS) is 14.1. The van der Waals surface area contributed by atoms with Crippen LogP contribution in [0.1, 0.15) is 43.2 Å². The second-order valence-corrected chi connectivity index (χ2v) is 8.33. The SMILES string of the molecule is N#Cc1cc(NCc2cccc(F)c2)cc(-c2cc(NC3CCCCC3)ncc2Cl)c1. The standard InChI is InChI=1S/C25H24ClFN4/c26-24-16-30-25(31-21-7-2-1-3-8-21)13-23(24)19-9-18(14-28)11-22(12-19)29-15-17-5-4-6-20(27)10-17/h4-6,9-13,16,21,29H,1-3,7-8,15H2,(H,30,31). The number of aromatic nitrogens is 1. The fraction of sp³-hybridized carbons (Fsp3) is 0.280. The van der Waals surface area contributed by atoms with E-state index in [0.29, 0.717) is 23.2 Å². The molecule has 3 aromatic rings. The fourth-order valence-corrected chi connectivity index (χ4v) is 4.21. The Kier molecular flexibility index (Phi) is 6.69. The van der Waals surface area contributed by atoms with Gasteiger partial charge in [0.1, 0.15) is 11.6 Å². The highest BCUT2D eigenvalue weighted by molar-refractivity contribution is 6.33. The third kappa shape index (κ3) is 5.53. The van der Waals surface area contributed by atoms with E-state index in [1.807, 2.05) is 24.3 Å². The van der Waals surface area contributed by atoms with Gasteiger partial charge in [-0.25, -0.2) is 9.37 Å². The maximum atomic E-state index is 13.5. The molecule has 0 unspecified atom stereocenters. The Hall–Kier alpha value is -3.10. The molecule has 1 fully saturated rings. The molecule has 0 bridgehead atoms. The Morgan fingerprint density at radius 2 is 1.94 bits per heavy atom. The highest BCUT2D eigenvalue weighted by Crippen LogP contribution is 2.33. The number of nitrogens with one attached hydrogen (secondary N) is 2. The number of benzene rings is 2. The first kappa shape index (κ1) is 21.1. The van der Waals surface area contributed by atoms with Gasteiger partial charge in [-0.2, -0.15) is 5.26 Å². The Morgan fingerprint density at radius 3 is 2.71 bits per heavy atom. The summed E-state index contributed by atoms with van der Waals surface area (Å²) in [6, 6.07) is 16.6. The molecule has 0 atom stereocenters. The van der Waals surface area contributed by atoms with E-state index in [1.165, 1.54) is 31.4 Å². The molecule has 1 aliphatic carbocycles. The Labute approximate surface area is 187 Å². The first-order chi connectivity index (χ1) is 15.1. The Bertz CT molecular complexity index is 1100. The topological polar surface area (TPSA) is 60.7 Å². The molecule has 0 saturated heterocycles. The lowest BCUT2D eigenvalue weighted by Gasteiger charge is -2.23. The van der Waals surface area contributed by atoms with Gasteiger partial charge in [-0.15, -0.1) is 0 Å². The van der Waals surface area contributed by atoms with E-state index >= 15 is 0 Å². The number of hydrogen-bond acceptors (Lipinski definition) is 4. The predicted octanol–water partition coefficient (Wildman–Crippen LogP) is 6.77. The van der Waals surface area contributed by atoms with Gasteiger partial charge in [0.05, 0.1) is 16.7 Å². The van der Waals surface area contributed by atoms with Crippen LogP contribution in [0.2, 0.25) is 5.02 Å². The fourth-order valence-electron chi connectivity index (χ4n) is 4.00. The third-order valence-electron chi connectivity index (χ3n) is 5.57. The van der Waals surface area contributed by atoms with Crippen LogP contribution in [0.4, 0.5) is 15.9 Å². The number of nitriles is 1. The van der Waals surface area contributed by atoms with Crippen LogP contribution >= 0.6 is 11.6 Å². The first-order valence-corrected chi connectivity index (χ1v) is 10.9. The van der Waals surface area contributed by atoms with E-state index in [2.05, 4.69) is 21.7 Å². The van der Waals surface area contributed by atoms with E-state index in [0.717, 1.165) is 41.0 Å². The second kappa shape index (κ2) is 9.80. The van der Waals surface area contributed by atoms with E-state index in [-0.39, 0.29) is 5.82 Å². The van der Waals surface area contributed by atoms with E-state index < -0.39 is 0 Å². The Morgan fingerprint density at radius 1 is 1.10 bits per heavy atom. The summed E-state index contributed by atoms with van der Waals surface area (Å²) in [6.07, 6.45) is 7.73. The van der Waals surface area contributed by atoms with Crippen molar-refractivity contribution >= 4 is 23.1 Å². The minimum absolute atomic E-state index is 0.271. The lowest BCUT2D eigenvalue weighted by atomic mass is 9.95. The van der Waals surface area contributed by atoms with E-state index in [9.17, 15) is 9.65 Å². The number of halogens is 2. The van der Waals surface area contributed by atoms with Crippen LogP contribution in [0, 0.1) is 17.1 Å². The van der Waals surface area contributed by atoms with Crippen molar-refractivity contribution < 1.29 is 4.39 Å². The van der Waals surface area contributed by atoms with Crippen molar-refractivity contribution in [2.75, 3.05) is 10.6 Å². The first-order valence-electron chi connectivity index (χ1n) is 10.6. The molecule has 0 amide bonds. The zero-order valence-electron chi connectivity index (χ0n) is 17.2. The molecule has 0 spiro atoms. The lowest BCUT2D eigenvalue weighted by Crippen LogP contribution is -2.22. The Balaban J connectivity index is 1.58. The minimum Gasteiger partial charge on any atom is -0.381 e. The monoisotopic (exact) mass is 434 g/mol. The molecule has 0 aliphatic heterocycles. The van der Waals surface area contributed by atoms with Crippen molar-refractivity contribution in [3.05, 3.63) is 76.7 Å². The van der Waals surface area contributed by atoms with Crippen molar-refractivity contribution in [1.29, 1.82) is 5.26 Å². The van der Waals surface area contributed by atoms with Gasteiger partial charge >= 0.3 is 0 Å². The maximum Gasteiger partial charge on any atom is 0.126 e. The van der Waals surface area contributed by atoms with Crippen LogP contribution in [0.25, 0.3) is 11.1 Å². The van der Waals surface area contributed by atoms with Gasteiger partial charge in [-0.3, -0.25) is 0 Å². The van der Waals surface area contributed by atoms with Crippen LogP contribution in [0.3, 0.4) is 0 Å². The van der Waals surface area contributed by atoms with E-state index in [1.54, 1.807) is 18.3 Å². The molecule has 1 saturated carbocycles. The summed E-state index contributed by atoms with van der Waals surface area (Å²) in [6.45, 7) is 0.449. The van der Waals surface area contributed by atoms with Crippen molar-refractivity contribution in [2.24, 2.45) is 0 Å². The molecule has 4 rings (SSSR count). The van der Waals surface area contributed by atoms with Gasteiger partial charge in [0, 0.05) is 30.0 Å². The summed E-state index contributed by atoms with van der Waals surface area (Å²) in [5, 5.41) is 16.8. The molecule has 1 aromatic heterocycles. The molecule has 6 heteroatoms. The lowest BCUT2D eigenvalue weighted by molar-refractivity contribution is 0.462. The average Bonchev–Trinajstić information content (AvgIpc) is 2.79. The molecule has 31 heavy (non-hydrogen) atoms. The summed E-state index contributed by atoms with van der Waals surface area (Å²) in [4.78, 5) is 4.45. The summed E-state index contributed by atoms with van der Waals surface area (Å²) >= 11 is 6.48. The molecule has 0 radical (unpaired) electrons. The zero-order valence-corrected chi connectivity index (χ0v) is 17.9. The van der Waals surface area contributed by atoms with Crippen LogP contribution in [-0.2, 0) is 6.54 Å². The molecular formula is C25H24ClFN4. The van der Waals surface area contributed by atoms with Gasteiger partial charge < -0.3 is 10.6 Å². The highest BCUT2D eigenvalue weighted by Gasteiger charge is 2.15. The summed E-state index contributed by atoms with van der Waals surface area (Å²) in [5.74, 6) is 0.523. The van der Waals surface area contributed by atoms with Crippen LogP contribution < -0.4 is 10.6 Å². The highest BCUT2D eigenvalue weighted by atomic mass is 35.5. The summed E-state index contributed by atoms with van der Waals surface area (Å²) in [5.41, 5.74) is 3.77. The smallest absolute Gasteiger partial charge is 0.126 e. The number of hydrogen-bond donors (Lipinski definition) is 2. The quantitative estimate of drug-likeness (QED) is 0.449. The average molecular weight is 435 g/mol. The van der Waals surface area contributed by atoms with Crippen LogP contribution in [-0.4, -0.2) is 11.0 Å². The zero-order chi connectivity index (χ0) is 21.6. The summed E-state index contributed by atoms with van der Waals surface area (Å²) in [7, 11) is 0. The van der Waals surface area contributed by atoms with Crippen LogP contribution in [0.15, 0.2) is 54.7 Å². The molecule has 1 heterocycles.